The van der Waals surface area contributed by atoms with Crippen LogP contribution in [0.3, 0.4) is 0 Å². The second-order valence-electron chi connectivity index (χ2n) is 3.31. The molecule has 0 radical (unpaired) electrons. The predicted octanol–water partition coefficient (Wildman–Crippen LogP) is 1.66. The van der Waals surface area contributed by atoms with Gasteiger partial charge in [-0.15, -0.1) is 0 Å². The molecule has 68 valence electrons. The molecule has 0 spiro atoms. The zero-order valence-electron chi connectivity index (χ0n) is 8.01. The third-order valence-corrected chi connectivity index (χ3v) is 3.63. The van der Waals surface area contributed by atoms with Crippen molar-refractivity contribution in [2.45, 2.75) is 26.8 Å². The normalized spacial score (nSPS) is 19.8. The second kappa shape index (κ2) is 4.24. The van der Waals surface area contributed by atoms with Crippen LogP contribution in [0.25, 0.3) is 0 Å². The van der Waals surface area contributed by atoms with Crippen LogP contribution in [0.2, 0.25) is 0 Å². The topological polar surface area (TPSA) is 41.1 Å². The van der Waals surface area contributed by atoms with Crippen LogP contribution in [0.5, 0.6) is 0 Å². The lowest BCUT2D eigenvalue weighted by Gasteiger charge is -2.22. The van der Waals surface area contributed by atoms with Crippen LogP contribution >= 0.6 is 7.44 Å². The average molecular weight is 178 g/mol. The van der Waals surface area contributed by atoms with Gasteiger partial charge in [-0.3, -0.25) is 14.7 Å². The highest BCUT2D eigenvalue weighted by Gasteiger charge is 2.16. The molecular formula is C7H19N2OP. The maximum Gasteiger partial charge on any atom is 0.208 e. The third kappa shape index (κ3) is 4.57. The molecule has 3 nitrogen and oxygen atoms in total. The van der Waals surface area contributed by atoms with Crippen LogP contribution in [-0.4, -0.2) is 19.8 Å². The van der Waals surface area contributed by atoms with Gasteiger partial charge in [0.1, 0.15) is 0 Å². The quantitative estimate of drug-likeness (QED) is 0.643. The van der Waals surface area contributed by atoms with Gasteiger partial charge < -0.3 is 0 Å². The van der Waals surface area contributed by atoms with E-state index in [0.29, 0.717) is 12.0 Å². The van der Waals surface area contributed by atoms with E-state index in [1.54, 1.807) is 13.7 Å². The van der Waals surface area contributed by atoms with Gasteiger partial charge >= 0.3 is 0 Å². The van der Waals surface area contributed by atoms with Gasteiger partial charge in [-0.25, -0.2) is 0 Å². The summed E-state index contributed by atoms with van der Waals surface area (Å²) < 4.78 is 11.5. The van der Waals surface area contributed by atoms with E-state index in [4.69, 9.17) is 0 Å². The molecule has 0 amide bonds. The van der Waals surface area contributed by atoms with Gasteiger partial charge in [-0.2, -0.15) is 0 Å². The zero-order chi connectivity index (χ0) is 9.07. The van der Waals surface area contributed by atoms with Gasteiger partial charge in [0.25, 0.3) is 0 Å². The highest BCUT2D eigenvalue weighted by Crippen LogP contribution is 2.30. The minimum atomic E-state index is -2.28. The molecule has 0 bridgehead atoms. The molecule has 11 heavy (non-hydrogen) atoms. The first-order valence-electron chi connectivity index (χ1n) is 3.93. The Morgan fingerprint density at radius 1 is 1.27 bits per heavy atom. The molecule has 0 aliphatic heterocycles. The molecule has 0 aliphatic rings. The first kappa shape index (κ1) is 11.2. The van der Waals surface area contributed by atoms with Crippen LogP contribution in [0.15, 0.2) is 0 Å². The van der Waals surface area contributed by atoms with Gasteiger partial charge in [-0.1, -0.05) is 13.8 Å². The van der Waals surface area contributed by atoms with E-state index < -0.39 is 7.44 Å². The summed E-state index contributed by atoms with van der Waals surface area (Å²) in [6, 6.07) is 0.290. The molecule has 2 unspecified atom stereocenters. The first-order valence-corrected chi connectivity index (χ1v) is 6.09. The first-order chi connectivity index (χ1) is 4.89. The lowest BCUT2D eigenvalue weighted by molar-refractivity contribution is 0.474. The smallest absolute Gasteiger partial charge is 0.208 e. The Morgan fingerprint density at radius 3 is 2.00 bits per heavy atom. The summed E-state index contributed by atoms with van der Waals surface area (Å²) in [5.74, 6) is 0.511. The third-order valence-electron chi connectivity index (χ3n) is 1.88. The number of nitrogens with one attached hydrogen (secondary N) is 2. The van der Waals surface area contributed by atoms with Crippen molar-refractivity contribution in [3.8, 4) is 0 Å². The van der Waals surface area contributed by atoms with E-state index in [1.165, 1.54) is 0 Å². The Morgan fingerprint density at radius 2 is 1.73 bits per heavy atom. The van der Waals surface area contributed by atoms with E-state index in [0.717, 1.165) is 0 Å². The molecule has 0 aliphatic carbocycles. The van der Waals surface area contributed by atoms with Gasteiger partial charge in [0.2, 0.25) is 7.44 Å². The van der Waals surface area contributed by atoms with E-state index in [9.17, 15) is 4.57 Å². The van der Waals surface area contributed by atoms with Gasteiger partial charge in [0, 0.05) is 12.7 Å². The Labute approximate surface area is 69.4 Å². The summed E-state index contributed by atoms with van der Waals surface area (Å²) in [6.07, 6.45) is 0. The molecule has 0 fully saturated rings. The van der Waals surface area contributed by atoms with Crippen molar-refractivity contribution < 1.29 is 4.57 Å². The van der Waals surface area contributed by atoms with Crippen LogP contribution in [0, 0.1) is 5.92 Å². The molecular weight excluding hydrogens is 159 g/mol. The van der Waals surface area contributed by atoms with E-state index in [2.05, 4.69) is 24.0 Å². The Balaban J connectivity index is 3.94. The fraction of sp³-hybridized carbons (Fsp3) is 1.00. The van der Waals surface area contributed by atoms with Crippen molar-refractivity contribution in [1.82, 2.24) is 10.2 Å². The minimum Gasteiger partial charge on any atom is -0.290 e. The van der Waals surface area contributed by atoms with Crippen molar-refractivity contribution >= 4 is 7.44 Å². The standard InChI is InChI=1S/C7H19N2OP/c1-6(2)7(3)9-11(5,10)8-4/h6-7H,1-5H3,(H2,8,9,10). The van der Waals surface area contributed by atoms with Crippen LogP contribution in [0.1, 0.15) is 20.8 Å². The summed E-state index contributed by atoms with van der Waals surface area (Å²) >= 11 is 0. The molecule has 4 heteroatoms. The monoisotopic (exact) mass is 178 g/mol. The molecule has 2 atom stereocenters. The Bertz CT molecular complexity index is 159. The summed E-state index contributed by atoms with van der Waals surface area (Å²) in [6.45, 7) is 7.95. The lowest BCUT2D eigenvalue weighted by Crippen LogP contribution is -2.31. The zero-order valence-corrected chi connectivity index (χ0v) is 8.90. The fourth-order valence-corrected chi connectivity index (χ4v) is 1.81. The van der Waals surface area contributed by atoms with Gasteiger partial charge in [0.15, 0.2) is 0 Å². The number of hydrogen-bond donors (Lipinski definition) is 2. The lowest BCUT2D eigenvalue weighted by atomic mass is 10.1. The molecule has 0 aromatic rings. The van der Waals surface area contributed by atoms with E-state index >= 15 is 0 Å². The molecule has 0 saturated carbocycles. The van der Waals surface area contributed by atoms with E-state index in [-0.39, 0.29) is 0 Å². The Hall–Kier alpha value is 0.150. The summed E-state index contributed by atoms with van der Waals surface area (Å²) in [5.41, 5.74) is 0. The second-order valence-corrected chi connectivity index (χ2v) is 5.86. The molecule has 0 heterocycles. The number of rotatable bonds is 4. The van der Waals surface area contributed by atoms with Crippen LogP contribution in [0.4, 0.5) is 0 Å². The molecule has 0 rings (SSSR count). The molecule has 0 aromatic carbocycles. The SMILES string of the molecule is CNP(C)(=O)NC(C)C(C)C. The molecule has 2 N–H and O–H groups in total. The summed E-state index contributed by atoms with van der Waals surface area (Å²) in [7, 11) is -0.574. The van der Waals surface area contributed by atoms with Crippen molar-refractivity contribution in [1.29, 1.82) is 0 Å². The molecule has 0 aromatic heterocycles. The summed E-state index contributed by atoms with van der Waals surface area (Å²) in [5, 5.41) is 5.82. The predicted molar refractivity (Wildman–Crippen MR) is 50.0 cm³/mol. The Kier molecular flexibility index (Phi) is 4.30. The van der Waals surface area contributed by atoms with Crippen LogP contribution < -0.4 is 10.2 Å². The van der Waals surface area contributed by atoms with E-state index in [1.807, 2.05) is 6.92 Å². The largest absolute Gasteiger partial charge is 0.290 e. The summed E-state index contributed by atoms with van der Waals surface area (Å²) in [4.78, 5) is 0. The number of hydrogen-bond acceptors (Lipinski definition) is 1. The highest BCUT2D eigenvalue weighted by atomic mass is 31.2. The minimum absolute atomic E-state index is 0.290. The van der Waals surface area contributed by atoms with Crippen molar-refractivity contribution in [3.05, 3.63) is 0 Å². The molecule has 0 saturated heterocycles. The van der Waals surface area contributed by atoms with Crippen molar-refractivity contribution in [3.63, 3.8) is 0 Å². The maximum absolute atomic E-state index is 11.5. The maximum atomic E-state index is 11.5. The fourth-order valence-electron chi connectivity index (χ4n) is 0.602. The van der Waals surface area contributed by atoms with Crippen LogP contribution in [-0.2, 0) is 4.57 Å². The highest BCUT2D eigenvalue weighted by molar-refractivity contribution is 7.59. The van der Waals surface area contributed by atoms with Gasteiger partial charge in [0.05, 0.1) is 0 Å². The average Bonchev–Trinajstić information content (AvgIpc) is 1.87. The van der Waals surface area contributed by atoms with Crippen molar-refractivity contribution in [2.75, 3.05) is 13.7 Å². The van der Waals surface area contributed by atoms with Gasteiger partial charge in [-0.05, 0) is 19.9 Å². The van der Waals surface area contributed by atoms with Crippen molar-refractivity contribution in [2.24, 2.45) is 5.92 Å².